The summed E-state index contributed by atoms with van der Waals surface area (Å²) >= 11 is 0. The van der Waals surface area contributed by atoms with Gasteiger partial charge in [-0.2, -0.15) is 0 Å². The molecule has 1 aliphatic heterocycles. The fraction of sp³-hybridized carbons (Fsp3) is 0.273. The largest absolute Gasteiger partial charge is 0.508 e. The Balaban J connectivity index is 1.78. The Morgan fingerprint density at radius 1 is 1.13 bits per heavy atom. The monoisotopic (exact) mass is 411 g/mol. The van der Waals surface area contributed by atoms with Gasteiger partial charge in [-0.05, 0) is 24.6 Å². The van der Waals surface area contributed by atoms with Crippen LogP contribution in [0.3, 0.4) is 0 Å². The van der Waals surface area contributed by atoms with E-state index in [2.05, 4.69) is 5.32 Å². The van der Waals surface area contributed by atoms with Crippen LogP contribution in [-0.2, 0) is 4.79 Å². The number of carbonyl (C=O) groups is 1. The number of rotatable bonds is 7. The molecular formula is C22H21NO7. The van der Waals surface area contributed by atoms with Crippen molar-refractivity contribution >= 4 is 16.9 Å². The lowest BCUT2D eigenvalue weighted by molar-refractivity contribution is -0.121. The van der Waals surface area contributed by atoms with Crippen LogP contribution in [0.2, 0.25) is 0 Å². The lowest BCUT2D eigenvalue weighted by Crippen LogP contribution is -2.28. The van der Waals surface area contributed by atoms with Gasteiger partial charge in [0.25, 0.3) is 0 Å². The minimum absolute atomic E-state index is 0.0304. The van der Waals surface area contributed by atoms with E-state index in [1.54, 1.807) is 30.3 Å². The number of phenolic OH excluding ortho intramolecular Hbond substituents is 1. The summed E-state index contributed by atoms with van der Waals surface area (Å²) in [5, 5.41) is 22.6. The third kappa shape index (κ3) is 3.81. The van der Waals surface area contributed by atoms with E-state index in [0.29, 0.717) is 41.0 Å². The second-order valence-corrected chi connectivity index (χ2v) is 6.96. The van der Waals surface area contributed by atoms with Gasteiger partial charge < -0.3 is 29.4 Å². The van der Waals surface area contributed by atoms with Gasteiger partial charge in [0.05, 0.1) is 11.6 Å². The number of aromatic hydroxyl groups is 1. The summed E-state index contributed by atoms with van der Waals surface area (Å²) in [6, 6.07) is 9.84. The van der Waals surface area contributed by atoms with E-state index >= 15 is 0 Å². The number of hydrogen-bond acceptors (Lipinski definition) is 7. The van der Waals surface area contributed by atoms with Crippen LogP contribution in [0.25, 0.3) is 11.0 Å². The summed E-state index contributed by atoms with van der Waals surface area (Å²) < 4.78 is 16.3. The average Bonchev–Trinajstić information content (AvgIpc) is 3.20. The van der Waals surface area contributed by atoms with E-state index in [1.807, 2.05) is 0 Å². The first-order valence-electron chi connectivity index (χ1n) is 9.59. The standard InChI is InChI=1S/C22H21NO7/c24-7-3-6-23-21(26)9-14(15-8-19-20(10-17(15)25)30-12-29-19)16-11-28-18-5-2-1-4-13(18)22(16)27/h1-2,4-5,8,10-11,14,24-25H,3,6-7,9,12H2,(H,23,26). The highest BCUT2D eigenvalue weighted by molar-refractivity contribution is 5.80. The van der Waals surface area contributed by atoms with Crippen LogP contribution in [0, 0.1) is 0 Å². The summed E-state index contributed by atoms with van der Waals surface area (Å²) in [5.74, 6) is -0.376. The first-order valence-corrected chi connectivity index (χ1v) is 9.59. The number of ether oxygens (including phenoxy) is 2. The Morgan fingerprint density at radius 3 is 2.70 bits per heavy atom. The van der Waals surface area contributed by atoms with Crippen LogP contribution < -0.4 is 20.2 Å². The molecule has 0 radical (unpaired) electrons. The zero-order chi connectivity index (χ0) is 21.1. The smallest absolute Gasteiger partial charge is 0.231 e. The third-order valence-electron chi connectivity index (χ3n) is 5.03. The molecule has 2 heterocycles. The second kappa shape index (κ2) is 8.46. The van der Waals surface area contributed by atoms with Crippen molar-refractivity contribution in [1.82, 2.24) is 5.32 Å². The van der Waals surface area contributed by atoms with Crippen molar-refractivity contribution in [2.75, 3.05) is 19.9 Å². The molecule has 0 fully saturated rings. The van der Waals surface area contributed by atoms with Gasteiger partial charge in [0, 0.05) is 42.7 Å². The maximum absolute atomic E-state index is 13.2. The number of nitrogens with one attached hydrogen (secondary N) is 1. The van der Waals surface area contributed by atoms with E-state index in [4.69, 9.17) is 19.0 Å². The highest BCUT2D eigenvalue weighted by atomic mass is 16.7. The number of amides is 1. The molecule has 3 N–H and O–H groups in total. The minimum Gasteiger partial charge on any atom is -0.508 e. The highest BCUT2D eigenvalue weighted by Crippen LogP contribution is 2.42. The summed E-state index contributed by atoms with van der Waals surface area (Å²) in [4.78, 5) is 25.7. The Labute approximate surface area is 171 Å². The normalized spacial score (nSPS) is 13.4. The molecule has 30 heavy (non-hydrogen) atoms. The summed E-state index contributed by atoms with van der Waals surface area (Å²) in [6.45, 7) is 0.297. The van der Waals surface area contributed by atoms with Gasteiger partial charge >= 0.3 is 0 Å². The number of para-hydroxylation sites is 1. The fourth-order valence-electron chi connectivity index (χ4n) is 3.51. The molecule has 1 amide bonds. The van der Waals surface area contributed by atoms with E-state index < -0.39 is 5.92 Å². The number of hydrogen-bond donors (Lipinski definition) is 3. The first kappa shape index (κ1) is 19.8. The molecule has 1 atom stereocenters. The molecule has 2 aromatic carbocycles. The van der Waals surface area contributed by atoms with Crippen molar-refractivity contribution in [3.05, 3.63) is 64.0 Å². The highest BCUT2D eigenvalue weighted by Gasteiger charge is 2.28. The lowest BCUT2D eigenvalue weighted by Gasteiger charge is -2.19. The molecule has 1 unspecified atom stereocenters. The molecule has 8 heteroatoms. The van der Waals surface area contributed by atoms with E-state index in [1.165, 1.54) is 12.3 Å². The van der Waals surface area contributed by atoms with Gasteiger partial charge in [-0.3, -0.25) is 9.59 Å². The second-order valence-electron chi connectivity index (χ2n) is 6.96. The Hall–Kier alpha value is -3.52. The number of benzene rings is 2. The molecule has 0 saturated heterocycles. The van der Waals surface area contributed by atoms with Crippen molar-refractivity contribution in [3.63, 3.8) is 0 Å². The fourth-order valence-corrected chi connectivity index (χ4v) is 3.51. The van der Waals surface area contributed by atoms with E-state index in [-0.39, 0.29) is 42.5 Å². The molecule has 4 rings (SSSR count). The number of carbonyl (C=O) groups excluding carboxylic acids is 1. The maximum atomic E-state index is 13.2. The van der Waals surface area contributed by atoms with Crippen LogP contribution >= 0.6 is 0 Å². The van der Waals surface area contributed by atoms with Crippen molar-refractivity contribution in [2.24, 2.45) is 0 Å². The Morgan fingerprint density at radius 2 is 1.90 bits per heavy atom. The summed E-state index contributed by atoms with van der Waals surface area (Å²) in [7, 11) is 0. The summed E-state index contributed by atoms with van der Waals surface area (Å²) in [5.41, 5.74) is 0.772. The molecule has 0 bridgehead atoms. The van der Waals surface area contributed by atoms with Gasteiger partial charge in [-0.15, -0.1) is 0 Å². The maximum Gasteiger partial charge on any atom is 0.231 e. The zero-order valence-corrected chi connectivity index (χ0v) is 16.1. The molecule has 0 aliphatic carbocycles. The molecule has 8 nitrogen and oxygen atoms in total. The predicted octanol–water partition coefficient (Wildman–Crippen LogP) is 2.25. The Kier molecular flexibility index (Phi) is 5.58. The van der Waals surface area contributed by atoms with Crippen LogP contribution in [0.4, 0.5) is 0 Å². The molecule has 3 aromatic rings. The third-order valence-corrected chi connectivity index (χ3v) is 5.03. The van der Waals surface area contributed by atoms with Crippen LogP contribution in [0.1, 0.15) is 29.9 Å². The number of phenols is 1. The van der Waals surface area contributed by atoms with Gasteiger partial charge in [-0.25, -0.2) is 0 Å². The molecule has 156 valence electrons. The van der Waals surface area contributed by atoms with E-state index in [0.717, 1.165) is 0 Å². The van der Waals surface area contributed by atoms with E-state index in [9.17, 15) is 14.7 Å². The zero-order valence-electron chi connectivity index (χ0n) is 16.1. The predicted molar refractivity (Wildman–Crippen MR) is 108 cm³/mol. The molecule has 0 saturated carbocycles. The molecule has 1 aliphatic rings. The number of aliphatic hydroxyl groups excluding tert-OH is 1. The minimum atomic E-state index is -0.769. The topological polar surface area (TPSA) is 118 Å². The van der Waals surface area contributed by atoms with Crippen molar-refractivity contribution in [3.8, 4) is 17.2 Å². The van der Waals surface area contributed by atoms with Gasteiger partial charge in [0.1, 0.15) is 11.3 Å². The quantitative estimate of drug-likeness (QED) is 0.510. The molecule has 0 spiro atoms. The van der Waals surface area contributed by atoms with Gasteiger partial charge in [0.15, 0.2) is 16.9 Å². The first-order chi connectivity index (χ1) is 14.6. The van der Waals surface area contributed by atoms with Crippen LogP contribution in [-0.4, -0.2) is 36.1 Å². The Bertz CT molecular complexity index is 1140. The summed E-state index contributed by atoms with van der Waals surface area (Å²) in [6.07, 6.45) is 1.66. The van der Waals surface area contributed by atoms with Crippen LogP contribution in [0.15, 0.2) is 51.9 Å². The molecular weight excluding hydrogens is 390 g/mol. The number of aliphatic hydroxyl groups is 1. The lowest BCUT2D eigenvalue weighted by atomic mass is 9.87. The van der Waals surface area contributed by atoms with Crippen molar-refractivity contribution in [2.45, 2.75) is 18.8 Å². The average molecular weight is 411 g/mol. The SMILES string of the molecule is O=C(CC(c1cc2c(cc1O)OCO2)c1coc2ccccc2c1=O)NCCCO. The van der Waals surface area contributed by atoms with Crippen molar-refractivity contribution in [1.29, 1.82) is 0 Å². The van der Waals surface area contributed by atoms with Gasteiger partial charge in [0.2, 0.25) is 12.7 Å². The van der Waals surface area contributed by atoms with Gasteiger partial charge in [-0.1, -0.05) is 12.1 Å². The van der Waals surface area contributed by atoms with Crippen molar-refractivity contribution < 1.29 is 28.9 Å². The number of fused-ring (bicyclic) bond motifs is 2. The van der Waals surface area contributed by atoms with Crippen LogP contribution in [0.5, 0.6) is 17.2 Å². The molecule has 1 aromatic heterocycles.